The summed E-state index contributed by atoms with van der Waals surface area (Å²) in [6, 6.07) is 6.35. The molecule has 0 saturated carbocycles. The summed E-state index contributed by atoms with van der Waals surface area (Å²) in [6.07, 6.45) is 5.97. The van der Waals surface area contributed by atoms with E-state index in [4.69, 9.17) is 4.74 Å². The molecule has 0 fully saturated rings. The van der Waals surface area contributed by atoms with Gasteiger partial charge < -0.3 is 9.30 Å². The predicted molar refractivity (Wildman–Crippen MR) is 86.8 cm³/mol. The van der Waals surface area contributed by atoms with Crippen molar-refractivity contribution in [3.63, 3.8) is 0 Å². The van der Waals surface area contributed by atoms with Gasteiger partial charge in [-0.15, -0.1) is 0 Å². The van der Waals surface area contributed by atoms with Crippen LogP contribution in [0.15, 0.2) is 42.9 Å². The van der Waals surface area contributed by atoms with E-state index in [2.05, 4.69) is 16.9 Å². The van der Waals surface area contributed by atoms with Crippen LogP contribution >= 0.6 is 0 Å². The van der Waals surface area contributed by atoms with E-state index in [0.717, 1.165) is 23.7 Å². The van der Waals surface area contributed by atoms with Crippen LogP contribution in [-0.4, -0.2) is 21.6 Å². The van der Waals surface area contributed by atoms with Gasteiger partial charge in [0.05, 0.1) is 24.9 Å². The molecule has 0 saturated heterocycles. The molecule has 6 heteroatoms. The fourth-order valence-corrected chi connectivity index (χ4v) is 2.51. The van der Waals surface area contributed by atoms with Gasteiger partial charge in [-0.25, -0.2) is 13.8 Å². The number of benzene rings is 1. The van der Waals surface area contributed by atoms with Crippen LogP contribution in [0.5, 0.6) is 5.75 Å². The number of ether oxygens (including phenoxy) is 1. The highest BCUT2D eigenvalue weighted by atomic mass is 19.2. The molecule has 124 valence electrons. The van der Waals surface area contributed by atoms with Gasteiger partial charge in [-0.05, 0) is 30.2 Å². The van der Waals surface area contributed by atoms with Crippen LogP contribution < -0.4 is 4.74 Å². The number of halogens is 2. The number of imidazole rings is 1. The molecule has 2 heterocycles. The van der Waals surface area contributed by atoms with E-state index in [9.17, 15) is 8.78 Å². The first-order chi connectivity index (χ1) is 11.6. The second-order valence-electron chi connectivity index (χ2n) is 5.33. The van der Waals surface area contributed by atoms with Crippen LogP contribution in [0.3, 0.4) is 0 Å². The molecule has 0 N–H and O–H groups in total. The lowest BCUT2D eigenvalue weighted by Crippen LogP contribution is -2.06. The maximum absolute atomic E-state index is 14.3. The minimum Gasteiger partial charge on any atom is -0.496 e. The van der Waals surface area contributed by atoms with Gasteiger partial charge in [-0.3, -0.25) is 4.98 Å². The van der Waals surface area contributed by atoms with Crippen molar-refractivity contribution in [2.24, 2.45) is 0 Å². The Labute approximate surface area is 138 Å². The van der Waals surface area contributed by atoms with E-state index in [1.807, 2.05) is 18.3 Å². The molecular formula is C18H17F2N3O. The van der Waals surface area contributed by atoms with E-state index in [0.29, 0.717) is 12.4 Å². The van der Waals surface area contributed by atoms with Crippen molar-refractivity contribution in [1.82, 2.24) is 14.5 Å². The van der Waals surface area contributed by atoms with E-state index in [1.165, 1.54) is 13.2 Å². The Kier molecular flexibility index (Phi) is 4.55. The van der Waals surface area contributed by atoms with Gasteiger partial charge in [-0.2, -0.15) is 0 Å². The van der Waals surface area contributed by atoms with Crippen molar-refractivity contribution in [2.45, 2.75) is 19.9 Å². The average molecular weight is 329 g/mol. The van der Waals surface area contributed by atoms with Gasteiger partial charge in [0, 0.05) is 18.6 Å². The predicted octanol–water partition coefficient (Wildman–Crippen LogP) is 3.84. The average Bonchev–Trinajstić information content (AvgIpc) is 3.05. The second kappa shape index (κ2) is 6.78. The molecule has 0 radical (unpaired) electrons. The molecule has 0 aliphatic carbocycles. The first kappa shape index (κ1) is 16.1. The molecule has 4 nitrogen and oxygen atoms in total. The summed E-state index contributed by atoms with van der Waals surface area (Å²) in [7, 11) is 1.41. The van der Waals surface area contributed by atoms with Crippen molar-refractivity contribution < 1.29 is 13.5 Å². The molecule has 1 aromatic carbocycles. The van der Waals surface area contributed by atoms with Crippen molar-refractivity contribution in [3.05, 3.63) is 65.7 Å². The molecule has 0 atom stereocenters. The zero-order chi connectivity index (χ0) is 17.1. The Morgan fingerprint density at radius 3 is 2.62 bits per heavy atom. The minimum absolute atomic E-state index is 0.00711. The molecule has 2 aromatic heterocycles. The van der Waals surface area contributed by atoms with Gasteiger partial charge in [0.15, 0.2) is 11.6 Å². The molecule has 0 aliphatic rings. The number of hydrogen-bond acceptors (Lipinski definition) is 3. The van der Waals surface area contributed by atoms with Gasteiger partial charge >= 0.3 is 0 Å². The lowest BCUT2D eigenvalue weighted by molar-refractivity contribution is 0.408. The number of hydrogen-bond donors (Lipinski definition) is 0. The number of aromatic nitrogens is 3. The molecule has 0 aliphatic heterocycles. The fraction of sp³-hybridized carbons (Fsp3) is 0.222. The molecule has 0 amide bonds. The van der Waals surface area contributed by atoms with Crippen LogP contribution in [0.4, 0.5) is 8.78 Å². The Balaban J connectivity index is 2.00. The maximum atomic E-state index is 14.3. The Morgan fingerprint density at radius 2 is 1.96 bits per heavy atom. The standard InChI is InChI=1S/C18H17F2N3O/c1-3-12-4-5-13(22-10-12)11-23-9-8-21-18(23)16-15(24-2)7-6-14(19)17(16)20/h4-10H,3,11H2,1-2H3. The van der Waals surface area contributed by atoms with Gasteiger partial charge in [-0.1, -0.05) is 13.0 Å². The normalized spacial score (nSPS) is 10.8. The molecule has 0 unspecified atom stereocenters. The van der Waals surface area contributed by atoms with Crippen LogP contribution in [-0.2, 0) is 13.0 Å². The highest BCUT2D eigenvalue weighted by Crippen LogP contribution is 2.33. The first-order valence-corrected chi connectivity index (χ1v) is 7.61. The summed E-state index contributed by atoms with van der Waals surface area (Å²) in [5.41, 5.74) is 1.96. The van der Waals surface area contributed by atoms with E-state index in [-0.39, 0.29) is 11.3 Å². The topological polar surface area (TPSA) is 39.9 Å². The number of pyridine rings is 1. The number of rotatable bonds is 5. The van der Waals surface area contributed by atoms with E-state index >= 15 is 0 Å². The smallest absolute Gasteiger partial charge is 0.173 e. The highest BCUT2D eigenvalue weighted by Gasteiger charge is 2.20. The third kappa shape index (κ3) is 2.99. The van der Waals surface area contributed by atoms with Crippen molar-refractivity contribution in [2.75, 3.05) is 7.11 Å². The zero-order valence-electron chi connectivity index (χ0n) is 13.5. The van der Waals surface area contributed by atoms with Crippen LogP contribution in [0, 0.1) is 11.6 Å². The molecule has 0 bridgehead atoms. The monoisotopic (exact) mass is 329 g/mol. The van der Waals surface area contributed by atoms with Gasteiger partial charge in [0.25, 0.3) is 0 Å². The number of aryl methyl sites for hydroxylation is 1. The van der Waals surface area contributed by atoms with Gasteiger partial charge in [0.2, 0.25) is 0 Å². The fourth-order valence-electron chi connectivity index (χ4n) is 2.51. The Morgan fingerprint density at radius 1 is 1.12 bits per heavy atom. The maximum Gasteiger partial charge on any atom is 0.173 e. The summed E-state index contributed by atoms with van der Waals surface area (Å²) in [5, 5.41) is 0. The van der Waals surface area contributed by atoms with Crippen molar-refractivity contribution in [3.8, 4) is 17.1 Å². The summed E-state index contributed by atoms with van der Waals surface area (Å²) in [6.45, 7) is 2.46. The minimum atomic E-state index is -0.976. The van der Waals surface area contributed by atoms with E-state index < -0.39 is 11.6 Å². The highest BCUT2D eigenvalue weighted by molar-refractivity contribution is 5.65. The first-order valence-electron chi connectivity index (χ1n) is 7.61. The number of nitrogens with zero attached hydrogens (tertiary/aromatic N) is 3. The Hall–Kier alpha value is -2.76. The van der Waals surface area contributed by atoms with Crippen molar-refractivity contribution in [1.29, 1.82) is 0 Å². The third-order valence-corrected chi connectivity index (χ3v) is 3.84. The van der Waals surface area contributed by atoms with Crippen LogP contribution in [0.1, 0.15) is 18.2 Å². The molecule has 3 rings (SSSR count). The lowest BCUT2D eigenvalue weighted by Gasteiger charge is -2.12. The largest absolute Gasteiger partial charge is 0.496 e. The molecule has 3 aromatic rings. The zero-order valence-corrected chi connectivity index (χ0v) is 13.5. The lowest BCUT2D eigenvalue weighted by atomic mass is 10.1. The van der Waals surface area contributed by atoms with Crippen LogP contribution in [0.2, 0.25) is 0 Å². The van der Waals surface area contributed by atoms with Crippen LogP contribution in [0.25, 0.3) is 11.4 Å². The van der Waals surface area contributed by atoms with Gasteiger partial charge in [0.1, 0.15) is 11.6 Å². The summed E-state index contributed by atoms with van der Waals surface area (Å²) < 4.78 is 34.8. The quantitative estimate of drug-likeness (QED) is 0.714. The third-order valence-electron chi connectivity index (χ3n) is 3.84. The van der Waals surface area contributed by atoms with Crippen molar-refractivity contribution >= 4 is 0 Å². The molecule has 0 spiro atoms. The molecule has 24 heavy (non-hydrogen) atoms. The molecular weight excluding hydrogens is 312 g/mol. The SMILES string of the molecule is CCc1ccc(Cn2ccnc2-c2c(OC)ccc(F)c2F)nc1. The van der Waals surface area contributed by atoms with E-state index in [1.54, 1.807) is 17.0 Å². The second-order valence-corrected chi connectivity index (χ2v) is 5.33. The summed E-state index contributed by atoms with van der Waals surface area (Å²) in [4.78, 5) is 8.57. The summed E-state index contributed by atoms with van der Waals surface area (Å²) >= 11 is 0. The number of methoxy groups -OCH3 is 1. The Bertz CT molecular complexity index is 844. The summed E-state index contributed by atoms with van der Waals surface area (Å²) in [5.74, 6) is -1.39.